The van der Waals surface area contributed by atoms with Gasteiger partial charge in [0.2, 0.25) is 5.78 Å². The van der Waals surface area contributed by atoms with Gasteiger partial charge in [0.15, 0.2) is 5.75 Å². The number of likely N-dealkylation sites (N-methyl/N-ethyl adjacent to an activating group) is 1. The standard InChI is InChI=1S/C11H19N3O2/c1-5-6-14-10(9(16-4)7-13-14)11(15)8(2)12-3/h7-8,12H,5-6H2,1-4H3. The lowest BCUT2D eigenvalue weighted by atomic mass is 10.1. The van der Waals surface area contributed by atoms with Gasteiger partial charge in [-0.25, -0.2) is 0 Å². The lowest BCUT2D eigenvalue weighted by Gasteiger charge is -2.12. The summed E-state index contributed by atoms with van der Waals surface area (Å²) in [5.74, 6) is 0.547. The highest BCUT2D eigenvalue weighted by Crippen LogP contribution is 2.19. The minimum atomic E-state index is -0.235. The fraction of sp³-hybridized carbons (Fsp3) is 0.636. The number of nitrogens with zero attached hydrogens (tertiary/aromatic N) is 2. The Morgan fingerprint density at radius 3 is 2.88 bits per heavy atom. The maximum Gasteiger partial charge on any atom is 0.201 e. The predicted molar refractivity (Wildman–Crippen MR) is 61.9 cm³/mol. The first-order valence-corrected chi connectivity index (χ1v) is 5.47. The Morgan fingerprint density at radius 1 is 1.69 bits per heavy atom. The minimum Gasteiger partial charge on any atom is -0.493 e. The maximum absolute atomic E-state index is 12.1. The van der Waals surface area contributed by atoms with E-state index in [4.69, 9.17) is 4.74 Å². The van der Waals surface area contributed by atoms with E-state index in [1.165, 1.54) is 0 Å². The van der Waals surface area contributed by atoms with E-state index >= 15 is 0 Å². The van der Waals surface area contributed by atoms with Gasteiger partial charge in [-0.3, -0.25) is 9.48 Å². The Kier molecular flexibility index (Phi) is 4.49. The quantitative estimate of drug-likeness (QED) is 0.736. The van der Waals surface area contributed by atoms with Gasteiger partial charge in [0, 0.05) is 6.54 Å². The number of carbonyl (C=O) groups is 1. The summed E-state index contributed by atoms with van der Waals surface area (Å²) in [6, 6.07) is -0.235. The molecule has 1 atom stereocenters. The molecule has 0 amide bonds. The Hall–Kier alpha value is -1.36. The molecule has 0 radical (unpaired) electrons. The van der Waals surface area contributed by atoms with Crippen molar-refractivity contribution in [3.63, 3.8) is 0 Å². The van der Waals surface area contributed by atoms with Crippen LogP contribution in [0.2, 0.25) is 0 Å². The molecule has 0 bridgehead atoms. The van der Waals surface area contributed by atoms with Crippen LogP contribution in [0.3, 0.4) is 0 Å². The van der Waals surface area contributed by atoms with Gasteiger partial charge in [-0.15, -0.1) is 0 Å². The van der Waals surface area contributed by atoms with Crippen molar-refractivity contribution >= 4 is 5.78 Å². The van der Waals surface area contributed by atoms with E-state index in [0.29, 0.717) is 11.4 Å². The van der Waals surface area contributed by atoms with Crippen LogP contribution in [0.25, 0.3) is 0 Å². The number of Topliss-reactive ketones (excluding diaryl/α,β-unsaturated/α-hetero) is 1. The second-order valence-corrected chi connectivity index (χ2v) is 3.66. The molecule has 0 fully saturated rings. The van der Waals surface area contributed by atoms with Crippen LogP contribution in [0, 0.1) is 0 Å². The molecule has 5 nitrogen and oxygen atoms in total. The molecule has 1 aromatic heterocycles. The van der Waals surface area contributed by atoms with Gasteiger partial charge in [0.05, 0.1) is 19.3 Å². The van der Waals surface area contributed by atoms with E-state index < -0.39 is 0 Å². The first-order valence-electron chi connectivity index (χ1n) is 5.47. The highest BCUT2D eigenvalue weighted by atomic mass is 16.5. The van der Waals surface area contributed by atoms with Crippen LogP contribution in [-0.4, -0.2) is 35.8 Å². The molecular weight excluding hydrogens is 206 g/mol. The second-order valence-electron chi connectivity index (χ2n) is 3.66. The topological polar surface area (TPSA) is 56.2 Å². The highest BCUT2D eigenvalue weighted by molar-refractivity contribution is 6.00. The zero-order chi connectivity index (χ0) is 12.1. The lowest BCUT2D eigenvalue weighted by Crippen LogP contribution is -2.32. The number of nitrogens with one attached hydrogen (secondary N) is 1. The molecule has 0 aliphatic carbocycles. The molecule has 0 aliphatic heterocycles. The van der Waals surface area contributed by atoms with E-state index in [-0.39, 0.29) is 11.8 Å². The van der Waals surface area contributed by atoms with Crippen molar-refractivity contribution in [1.82, 2.24) is 15.1 Å². The van der Waals surface area contributed by atoms with E-state index in [2.05, 4.69) is 10.4 Å². The minimum absolute atomic E-state index is 0.00491. The van der Waals surface area contributed by atoms with Crippen molar-refractivity contribution in [2.75, 3.05) is 14.2 Å². The van der Waals surface area contributed by atoms with Crippen molar-refractivity contribution in [3.05, 3.63) is 11.9 Å². The average Bonchev–Trinajstić information content (AvgIpc) is 2.70. The van der Waals surface area contributed by atoms with Gasteiger partial charge in [-0.05, 0) is 20.4 Å². The fourth-order valence-electron chi connectivity index (χ4n) is 1.48. The third-order valence-electron chi connectivity index (χ3n) is 2.52. The number of aromatic nitrogens is 2. The first kappa shape index (κ1) is 12.7. The molecule has 0 saturated carbocycles. The van der Waals surface area contributed by atoms with Crippen molar-refractivity contribution in [1.29, 1.82) is 0 Å². The summed E-state index contributed by atoms with van der Waals surface area (Å²) in [7, 11) is 3.31. The maximum atomic E-state index is 12.1. The van der Waals surface area contributed by atoms with Gasteiger partial charge < -0.3 is 10.1 Å². The third kappa shape index (κ3) is 2.41. The Morgan fingerprint density at radius 2 is 2.38 bits per heavy atom. The summed E-state index contributed by atoms with van der Waals surface area (Å²) in [6.45, 7) is 4.59. The van der Waals surface area contributed by atoms with Gasteiger partial charge in [-0.1, -0.05) is 6.92 Å². The zero-order valence-corrected chi connectivity index (χ0v) is 10.3. The monoisotopic (exact) mass is 225 g/mol. The van der Waals surface area contributed by atoms with Gasteiger partial charge in [-0.2, -0.15) is 5.10 Å². The second kappa shape index (κ2) is 5.65. The number of hydrogen-bond donors (Lipinski definition) is 1. The summed E-state index contributed by atoms with van der Waals surface area (Å²) < 4.78 is 6.86. The van der Waals surface area contributed by atoms with Gasteiger partial charge in [0.1, 0.15) is 5.69 Å². The SMILES string of the molecule is CCCn1ncc(OC)c1C(=O)C(C)NC. The largest absolute Gasteiger partial charge is 0.493 e. The van der Waals surface area contributed by atoms with Crippen LogP contribution >= 0.6 is 0 Å². The van der Waals surface area contributed by atoms with E-state index in [9.17, 15) is 4.79 Å². The molecule has 0 aromatic carbocycles. The molecule has 1 aromatic rings. The van der Waals surface area contributed by atoms with Crippen LogP contribution < -0.4 is 10.1 Å². The predicted octanol–water partition coefficient (Wildman–Crippen LogP) is 1.09. The highest BCUT2D eigenvalue weighted by Gasteiger charge is 2.22. The Balaban J connectivity index is 3.07. The van der Waals surface area contributed by atoms with E-state index in [1.807, 2.05) is 13.8 Å². The number of hydrogen-bond acceptors (Lipinski definition) is 4. The Bertz CT molecular complexity index is 360. The number of carbonyl (C=O) groups excluding carboxylic acids is 1. The summed E-state index contributed by atoms with van der Waals surface area (Å²) >= 11 is 0. The summed E-state index contributed by atoms with van der Waals surface area (Å²) in [5, 5.41) is 7.08. The average molecular weight is 225 g/mol. The Labute approximate surface area is 95.8 Å². The molecule has 1 unspecified atom stereocenters. The van der Waals surface area contributed by atoms with Gasteiger partial charge >= 0.3 is 0 Å². The molecule has 1 N–H and O–H groups in total. The van der Waals surface area contributed by atoms with E-state index in [0.717, 1.165) is 13.0 Å². The zero-order valence-electron chi connectivity index (χ0n) is 10.3. The van der Waals surface area contributed by atoms with Crippen molar-refractivity contribution in [2.45, 2.75) is 32.9 Å². The molecule has 5 heteroatoms. The summed E-state index contributed by atoms with van der Waals surface area (Å²) in [5.41, 5.74) is 0.547. The van der Waals surface area contributed by atoms with Crippen LogP contribution in [0.15, 0.2) is 6.20 Å². The van der Waals surface area contributed by atoms with E-state index in [1.54, 1.807) is 25.0 Å². The smallest absolute Gasteiger partial charge is 0.201 e. The van der Waals surface area contributed by atoms with Crippen LogP contribution in [0.1, 0.15) is 30.8 Å². The van der Waals surface area contributed by atoms with Crippen molar-refractivity contribution in [3.8, 4) is 5.75 Å². The molecule has 1 rings (SSSR count). The molecule has 0 spiro atoms. The fourth-order valence-corrected chi connectivity index (χ4v) is 1.48. The summed E-state index contributed by atoms with van der Waals surface area (Å²) in [6.07, 6.45) is 2.52. The van der Waals surface area contributed by atoms with Gasteiger partial charge in [0.25, 0.3) is 0 Å². The lowest BCUT2D eigenvalue weighted by molar-refractivity contribution is 0.0941. The van der Waals surface area contributed by atoms with Crippen molar-refractivity contribution in [2.24, 2.45) is 0 Å². The molecular formula is C11H19N3O2. The van der Waals surface area contributed by atoms with Crippen LogP contribution in [0.4, 0.5) is 0 Å². The molecule has 1 heterocycles. The number of aryl methyl sites for hydroxylation is 1. The molecule has 16 heavy (non-hydrogen) atoms. The molecule has 0 saturated heterocycles. The summed E-state index contributed by atoms with van der Waals surface area (Å²) in [4.78, 5) is 12.1. The first-order chi connectivity index (χ1) is 7.65. The van der Waals surface area contributed by atoms with Crippen molar-refractivity contribution < 1.29 is 9.53 Å². The molecule has 0 aliphatic rings. The van der Waals surface area contributed by atoms with Crippen LogP contribution in [-0.2, 0) is 6.54 Å². The number of ketones is 1. The number of rotatable bonds is 6. The number of methoxy groups -OCH3 is 1. The van der Waals surface area contributed by atoms with Crippen LogP contribution in [0.5, 0.6) is 5.75 Å². The third-order valence-corrected chi connectivity index (χ3v) is 2.52. The number of ether oxygens (including phenoxy) is 1. The molecule has 90 valence electrons. The normalized spacial score (nSPS) is 12.5.